The second kappa shape index (κ2) is 8.90. The minimum atomic E-state index is -0.423. The first-order chi connectivity index (χ1) is 13.1. The highest BCUT2D eigenvalue weighted by molar-refractivity contribution is 8.18. The van der Waals surface area contributed by atoms with Crippen molar-refractivity contribution in [2.24, 2.45) is 0 Å². The highest BCUT2D eigenvalue weighted by Gasteiger charge is 2.37. The van der Waals surface area contributed by atoms with Crippen molar-refractivity contribution in [2.75, 3.05) is 26.2 Å². The number of hydrogen-bond donors (Lipinski definition) is 0. The summed E-state index contributed by atoms with van der Waals surface area (Å²) in [5.74, 6) is 0.0639. The molecule has 2 saturated heterocycles. The monoisotopic (exact) mass is 386 g/mol. The van der Waals surface area contributed by atoms with E-state index in [2.05, 4.69) is 6.58 Å². The summed E-state index contributed by atoms with van der Waals surface area (Å²) in [6, 6.07) is 7.24. The van der Waals surface area contributed by atoms with E-state index >= 15 is 0 Å². The van der Waals surface area contributed by atoms with Gasteiger partial charge in [-0.2, -0.15) is 0 Å². The van der Waals surface area contributed by atoms with Crippen molar-refractivity contribution < 1.29 is 19.1 Å². The maximum absolute atomic E-state index is 12.6. The quantitative estimate of drug-likeness (QED) is 0.554. The van der Waals surface area contributed by atoms with E-state index in [1.807, 2.05) is 18.2 Å². The fourth-order valence-electron chi connectivity index (χ4n) is 3.02. The van der Waals surface area contributed by atoms with Crippen LogP contribution in [0.3, 0.4) is 0 Å². The lowest BCUT2D eigenvalue weighted by Crippen LogP contribution is -2.44. The smallest absolute Gasteiger partial charge is 0.294 e. The molecule has 0 aliphatic carbocycles. The molecule has 0 atom stereocenters. The molecule has 1 aromatic carbocycles. The number of likely N-dealkylation sites (tertiary alicyclic amines) is 1. The molecular formula is C20H22N2O4S. The standard InChI is InChI=1S/C20H22N2O4S/c1-2-11-26-16-8-6-7-15(12-16)13-17-19(24)22(20(25)27-17)14-18(23)21-9-4-3-5-10-21/h2,6-8,12-13H,1,3-5,9-11,14H2/b17-13-. The van der Waals surface area contributed by atoms with Crippen LogP contribution in [0.5, 0.6) is 5.75 Å². The Kier molecular flexibility index (Phi) is 6.34. The van der Waals surface area contributed by atoms with Gasteiger partial charge in [-0.25, -0.2) is 0 Å². The molecule has 27 heavy (non-hydrogen) atoms. The van der Waals surface area contributed by atoms with Gasteiger partial charge in [-0.3, -0.25) is 19.3 Å². The Balaban J connectivity index is 1.68. The van der Waals surface area contributed by atoms with Crippen molar-refractivity contribution in [2.45, 2.75) is 19.3 Å². The molecule has 3 rings (SSSR count). The summed E-state index contributed by atoms with van der Waals surface area (Å²) in [4.78, 5) is 40.3. The van der Waals surface area contributed by atoms with Crippen LogP contribution in [-0.2, 0) is 9.59 Å². The van der Waals surface area contributed by atoms with E-state index < -0.39 is 11.1 Å². The van der Waals surface area contributed by atoms with E-state index in [1.165, 1.54) is 0 Å². The van der Waals surface area contributed by atoms with Gasteiger partial charge in [0.25, 0.3) is 11.1 Å². The van der Waals surface area contributed by atoms with Crippen molar-refractivity contribution in [1.82, 2.24) is 9.80 Å². The number of amides is 3. The minimum absolute atomic E-state index is 0.168. The van der Waals surface area contributed by atoms with E-state index in [4.69, 9.17) is 4.74 Å². The van der Waals surface area contributed by atoms with E-state index in [9.17, 15) is 14.4 Å². The van der Waals surface area contributed by atoms with Gasteiger partial charge in [-0.15, -0.1) is 0 Å². The van der Waals surface area contributed by atoms with Crippen molar-refractivity contribution in [3.8, 4) is 5.75 Å². The van der Waals surface area contributed by atoms with Crippen LogP contribution in [0.1, 0.15) is 24.8 Å². The summed E-state index contributed by atoms with van der Waals surface area (Å²) in [5, 5.41) is -0.407. The van der Waals surface area contributed by atoms with Crippen LogP contribution < -0.4 is 4.74 Å². The summed E-state index contributed by atoms with van der Waals surface area (Å²) in [6.07, 6.45) is 6.35. The molecule has 1 aromatic rings. The van der Waals surface area contributed by atoms with Crippen LogP contribution in [0.25, 0.3) is 6.08 Å². The summed E-state index contributed by atoms with van der Waals surface area (Å²) < 4.78 is 5.48. The molecule has 2 aliphatic heterocycles. The van der Waals surface area contributed by atoms with Gasteiger partial charge in [-0.05, 0) is 54.8 Å². The van der Waals surface area contributed by atoms with Gasteiger partial charge >= 0.3 is 0 Å². The number of carbonyl (C=O) groups excluding carboxylic acids is 3. The van der Waals surface area contributed by atoms with Crippen molar-refractivity contribution in [3.05, 3.63) is 47.4 Å². The van der Waals surface area contributed by atoms with Gasteiger partial charge in [0.05, 0.1) is 4.91 Å². The number of hydrogen-bond acceptors (Lipinski definition) is 5. The van der Waals surface area contributed by atoms with Gasteiger partial charge in [0, 0.05) is 13.1 Å². The SMILES string of the molecule is C=CCOc1cccc(/C=C2\SC(=O)N(CC(=O)N3CCCCC3)C2=O)c1. The molecule has 6 nitrogen and oxygen atoms in total. The zero-order chi connectivity index (χ0) is 19.2. The topological polar surface area (TPSA) is 66.9 Å². The number of carbonyl (C=O) groups is 3. The molecule has 0 unspecified atom stereocenters. The summed E-state index contributed by atoms with van der Waals surface area (Å²) >= 11 is 0.860. The first-order valence-corrected chi connectivity index (χ1v) is 9.77. The number of thioether (sulfide) groups is 1. The lowest BCUT2D eigenvalue weighted by atomic mass is 10.1. The van der Waals surface area contributed by atoms with Crippen LogP contribution in [0.15, 0.2) is 41.8 Å². The largest absolute Gasteiger partial charge is 0.490 e. The average Bonchev–Trinajstić information content (AvgIpc) is 2.94. The second-order valence-electron chi connectivity index (χ2n) is 6.38. The number of piperidine rings is 1. The molecule has 0 N–H and O–H groups in total. The molecule has 3 amide bonds. The van der Waals surface area contributed by atoms with Crippen LogP contribution in [0.4, 0.5) is 4.79 Å². The third-order valence-electron chi connectivity index (χ3n) is 4.40. The normalized spacial score (nSPS) is 18.9. The van der Waals surface area contributed by atoms with Crippen LogP contribution in [0, 0.1) is 0 Å². The van der Waals surface area contributed by atoms with Gasteiger partial charge in [0.2, 0.25) is 5.91 Å². The summed E-state index contributed by atoms with van der Waals surface area (Å²) in [7, 11) is 0. The molecule has 0 saturated carbocycles. The minimum Gasteiger partial charge on any atom is -0.490 e. The average molecular weight is 386 g/mol. The molecule has 0 spiro atoms. The first kappa shape index (κ1) is 19.2. The van der Waals surface area contributed by atoms with Gasteiger partial charge in [-0.1, -0.05) is 24.8 Å². The third kappa shape index (κ3) is 4.80. The van der Waals surface area contributed by atoms with Gasteiger partial charge < -0.3 is 9.64 Å². The summed E-state index contributed by atoms with van der Waals surface area (Å²) in [5.41, 5.74) is 0.754. The van der Waals surface area contributed by atoms with Crippen LogP contribution >= 0.6 is 11.8 Å². The fraction of sp³-hybridized carbons (Fsp3) is 0.350. The Morgan fingerprint density at radius 1 is 1.22 bits per heavy atom. The fourth-order valence-corrected chi connectivity index (χ4v) is 3.85. The molecule has 2 aliphatic rings. The lowest BCUT2D eigenvalue weighted by molar-refractivity contribution is -0.136. The van der Waals surface area contributed by atoms with E-state index in [1.54, 1.807) is 23.1 Å². The first-order valence-electron chi connectivity index (χ1n) is 8.95. The molecular weight excluding hydrogens is 364 g/mol. The van der Waals surface area contributed by atoms with Crippen LogP contribution in [0.2, 0.25) is 0 Å². The number of ether oxygens (including phenoxy) is 1. The van der Waals surface area contributed by atoms with Crippen molar-refractivity contribution in [3.63, 3.8) is 0 Å². The molecule has 0 aromatic heterocycles. The number of nitrogens with zero attached hydrogens (tertiary/aromatic N) is 2. The second-order valence-corrected chi connectivity index (χ2v) is 7.37. The zero-order valence-electron chi connectivity index (χ0n) is 15.1. The van der Waals surface area contributed by atoms with Crippen molar-refractivity contribution in [1.29, 1.82) is 0 Å². The van der Waals surface area contributed by atoms with Crippen molar-refractivity contribution >= 4 is 34.9 Å². The Hall–Kier alpha value is -2.54. The maximum Gasteiger partial charge on any atom is 0.294 e. The van der Waals surface area contributed by atoms with Gasteiger partial charge in [0.15, 0.2) is 0 Å². The number of benzene rings is 1. The predicted octanol–water partition coefficient (Wildman–Crippen LogP) is 3.30. The Labute approximate surface area is 162 Å². The Morgan fingerprint density at radius 3 is 2.74 bits per heavy atom. The lowest BCUT2D eigenvalue weighted by Gasteiger charge is -2.27. The van der Waals surface area contributed by atoms with E-state index in [-0.39, 0.29) is 12.5 Å². The predicted molar refractivity (Wildman–Crippen MR) is 105 cm³/mol. The Morgan fingerprint density at radius 2 is 2.00 bits per heavy atom. The van der Waals surface area contributed by atoms with Crippen LogP contribution in [-0.4, -0.2) is 53.1 Å². The maximum atomic E-state index is 12.6. The molecule has 7 heteroatoms. The highest BCUT2D eigenvalue weighted by atomic mass is 32.2. The van der Waals surface area contributed by atoms with Gasteiger partial charge in [0.1, 0.15) is 18.9 Å². The highest BCUT2D eigenvalue weighted by Crippen LogP contribution is 2.32. The van der Waals surface area contributed by atoms with E-state index in [0.29, 0.717) is 30.4 Å². The molecule has 2 fully saturated rings. The molecule has 142 valence electrons. The summed E-state index contributed by atoms with van der Waals surface area (Å²) in [6.45, 7) is 5.20. The third-order valence-corrected chi connectivity index (χ3v) is 5.31. The molecule has 0 radical (unpaired) electrons. The number of imide groups is 1. The molecule has 2 heterocycles. The van der Waals surface area contributed by atoms with E-state index in [0.717, 1.165) is 41.5 Å². The zero-order valence-corrected chi connectivity index (χ0v) is 15.9. The Bertz CT molecular complexity index is 784. The number of rotatable bonds is 6. The molecule has 0 bridgehead atoms.